The van der Waals surface area contributed by atoms with Crippen molar-refractivity contribution in [2.24, 2.45) is 46.3 Å². The molecule has 4 aliphatic rings. The minimum atomic E-state index is 0.286. The Morgan fingerprint density at radius 3 is 2.45 bits per heavy atom. The molecular formula is C28H46O. The summed E-state index contributed by atoms with van der Waals surface area (Å²) in [7, 11) is 0. The van der Waals surface area contributed by atoms with Crippen molar-refractivity contribution in [1.82, 2.24) is 0 Å². The van der Waals surface area contributed by atoms with Gasteiger partial charge in [0.05, 0.1) is 0 Å². The number of fused-ring (bicyclic) bond motifs is 4. The number of carbonyl (C=O) groups is 1. The van der Waals surface area contributed by atoms with E-state index in [-0.39, 0.29) is 5.92 Å². The minimum Gasteiger partial charge on any atom is -0.299 e. The van der Waals surface area contributed by atoms with Gasteiger partial charge in [-0.2, -0.15) is 0 Å². The summed E-state index contributed by atoms with van der Waals surface area (Å²) in [5, 5.41) is 0. The summed E-state index contributed by atoms with van der Waals surface area (Å²) in [4.78, 5) is 12.4. The maximum Gasteiger partial charge on any atom is 0.136 e. The predicted octanol–water partition coefficient (Wildman–Crippen LogP) is 7.99. The molecule has 4 rings (SSSR count). The zero-order valence-electron chi connectivity index (χ0n) is 20.2. The Balaban J connectivity index is 1.55. The highest BCUT2D eigenvalue weighted by molar-refractivity contribution is 5.82. The molecule has 0 spiro atoms. The van der Waals surface area contributed by atoms with Crippen molar-refractivity contribution in [2.45, 2.75) is 112 Å². The quantitative estimate of drug-likeness (QED) is 0.429. The molecule has 0 heterocycles. The molecule has 0 bridgehead atoms. The van der Waals surface area contributed by atoms with Crippen LogP contribution in [-0.4, -0.2) is 5.78 Å². The molecule has 29 heavy (non-hydrogen) atoms. The highest BCUT2D eigenvalue weighted by Gasteiger charge is 2.56. The van der Waals surface area contributed by atoms with Crippen molar-refractivity contribution in [3.63, 3.8) is 0 Å². The minimum absolute atomic E-state index is 0.286. The van der Waals surface area contributed by atoms with Crippen LogP contribution in [0.15, 0.2) is 11.1 Å². The van der Waals surface area contributed by atoms with Gasteiger partial charge in [-0.25, -0.2) is 0 Å². The fourth-order valence-electron chi connectivity index (χ4n) is 8.75. The van der Waals surface area contributed by atoms with E-state index in [0.29, 0.717) is 22.5 Å². The van der Waals surface area contributed by atoms with Crippen molar-refractivity contribution in [1.29, 1.82) is 0 Å². The third-order valence-corrected chi connectivity index (χ3v) is 10.5. The van der Waals surface area contributed by atoms with Crippen LogP contribution in [0.3, 0.4) is 0 Å². The molecule has 0 N–H and O–H groups in total. The molecule has 1 heteroatoms. The van der Waals surface area contributed by atoms with Crippen molar-refractivity contribution < 1.29 is 4.79 Å². The van der Waals surface area contributed by atoms with E-state index in [1.165, 1.54) is 57.8 Å². The van der Waals surface area contributed by atoms with Crippen LogP contribution in [-0.2, 0) is 4.79 Å². The maximum absolute atomic E-state index is 12.4. The van der Waals surface area contributed by atoms with E-state index in [2.05, 4.69) is 41.5 Å². The Morgan fingerprint density at radius 2 is 1.72 bits per heavy atom. The first-order valence-corrected chi connectivity index (χ1v) is 12.9. The second-order valence-electron chi connectivity index (χ2n) is 12.4. The fourth-order valence-corrected chi connectivity index (χ4v) is 8.75. The van der Waals surface area contributed by atoms with Crippen LogP contribution in [0.2, 0.25) is 0 Å². The van der Waals surface area contributed by atoms with E-state index in [1.54, 1.807) is 0 Å². The summed E-state index contributed by atoms with van der Waals surface area (Å²) in [6, 6.07) is 0. The molecule has 2 saturated carbocycles. The lowest BCUT2D eigenvalue weighted by Crippen LogP contribution is -2.47. The highest BCUT2D eigenvalue weighted by Crippen LogP contribution is 2.66. The third-order valence-electron chi connectivity index (χ3n) is 10.5. The Kier molecular flexibility index (Phi) is 5.84. The first-order chi connectivity index (χ1) is 13.7. The second kappa shape index (κ2) is 7.83. The lowest BCUT2D eigenvalue weighted by molar-refractivity contribution is -0.130. The predicted molar refractivity (Wildman–Crippen MR) is 123 cm³/mol. The lowest BCUT2D eigenvalue weighted by atomic mass is 9.49. The zero-order valence-corrected chi connectivity index (χ0v) is 20.2. The van der Waals surface area contributed by atoms with Gasteiger partial charge in [-0.3, -0.25) is 4.79 Å². The summed E-state index contributed by atoms with van der Waals surface area (Å²) < 4.78 is 0. The molecule has 164 valence electrons. The molecule has 7 atom stereocenters. The monoisotopic (exact) mass is 398 g/mol. The third kappa shape index (κ3) is 3.47. The number of hydrogen-bond acceptors (Lipinski definition) is 1. The lowest BCUT2D eigenvalue weighted by Gasteiger charge is -2.55. The smallest absolute Gasteiger partial charge is 0.136 e. The van der Waals surface area contributed by atoms with Crippen molar-refractivity contribution in [2.75, 3.05) is 0 Å². The molecule has 0 saturated heterocycles. The van der Waals surface area contributed by atoms with Crippen LogP contribution in [0.5, 0.6) is 0 Å². The Morgan fingerprint density at radius 1 is 0.966 bits per heavy atom. The first kappa shape index (κ1) is 21.6. The summed E-state index contributed by atoms with van der Waals surface area (Å²) in [6.07, 6.45) is 14.4. The zero-order chi connectivity index (χ0) is 21.0. The topological polar surface area (TPSA) is 17.1 Å². The average molecular weight is 399 g/mol. The van der Waals surface area contributed by atoms with E-state index >= 15 is 0 Å². The van der Waals surface area contributed by atoms with Crippen LogP contribution < -0.4 is 0 Å². The van der Waals surface area contributed by atoms with Gasteiger partial charge in [0, 0.05) is 12.3 Å². The normalized spacial score (nSPS) is 43.2. The molecule has 0 radical (unpaired) electrons. The van der Waals surface area contributed by atoms with Gasteiger partial charge in [0.15, 0.2) is 0 Å². The molecule has 0 aliphatic heterocycles. The van der Waals surface area contributed by atoms with Gasteiger partial charge >= 0.3 is 0 Å². The molecule has 4 unspecified atom stereocenters. The molecule has 1 nitrogen and oxygen atoms in total. The van der Waals surface area contributed by atoms with Gasteiger partial charge in [-0.15, -0.1) is 0 Å². The van der Waals surface area contributed by atoms with Crippen molar-refractivity contribution in [3.05, 3.63) is 11.1 Å². The highest BCUT2D eigenvalue weighted by atomic mass is 16.1. The molecule has 4 aliphatic carbocycles. The van der Waals surface area contributed by atoms with E-state index in [4.69, 9.17) is 0 Å². The van der Waals surface area contributed by atoms with Gasteiger partial charge in [0.2, 0.25) is 0 Å². The largest absolute Gasteiger partial charge is 0.299 e. The number of allylic oxidation sites excluding steroid dienone is 2. The average Bonchev–Trinajstić information content (AvgIpc) is 3.02. The van der Waals surface area contributed by atoms with Crippen LogP contribution in [0.4, 0.5) is 0 Å². The standard InChI is InChI=1S/C28H46O/c1-18(2)8-7-9-19(3)22-12-13-24-21-10-11-23-20(4)26(29)15-17-28(23,6)25(21)14-16-27(22,24)5/h18-20,22-24H,7-17H2,1-6H3/t19?,20-,22?,23?,24?,27+,28-/m0/s1. The van der Waals surface area contributed by atoms with E-state index in [0.717, 1.165) is 36.5 Å². The number of carbonyl (C=O) groups excluding carboxylic acids is 1. The molecule has 0 aromatic heterocycles. The van der Waals surface area contributed by atoms with Gasteiger partial charge in [-0.1, -0.05) is 72.0 Å². The molecule has 0 aromatic rings. The van der Waals surface area contributed by atoms with Gasteiger partial charge in [0.25, 0.3) is 0 Å². The maximum atomic E-state index is 12.4. The summed E-state index contributed by atoms with van der Waals surface area (Å²) in [5.41, 5.74) is 4.58. The molecule has 0 amide bonds. The summed E-state index contributed by atoms with van der Waals surface area (Å²) >= 11 is 0. The summed E-state index contributed by atoms with van der Waals surface area (Å²) in [6.45, 7) is 14.7. The fraction of sp³-hybridized carbons (Fsp3) is 0.893. The van der Waals surface area contributed by atoms with E-state index in [1.807, 2.05) is 11.1 Å². The van der Waals surface area contributed by atoms with Gasteiger partial charge in [-0.05, 0) is 85.4 Å². The molecular weight excluding hydrogens is 352 g/mol. The van der Waals surface area contributed by atoms with Gasteiger partial charge < -0.3 is 0 Å². The van der Waals surface area contributed by atoms with E-state index in [9.17, 15) is 4.79 Å². The van der Waals surface area contributed by atoms with Crippen LogP contribution in [0.25, 0.3) is 0 Å². The Labute approximate surface area is 180 Å². The Bertz CT molecular complexity index is 672. The van der Waals surface area contributed by atoms with Crippen LogP contribution in [0.1, 0.15) is 112 Å². The van der Waals surface area contributed by atoms with Crippen LogP contribution >= 0.6 is 0 Å². The van der Waals surface area contributed by atoms with E-state index < -0.39 is 0 Å². The SMILES string of the molecule is CC(C)CCCC(C)C1CCC2C3=C(CC[C@@]21C)[C@@]1(C)CCC(=O)[C@@H](C)C1CC3. The number of Topliss-reactive ketones (excluding diaryl/α,β-unsaturated/α-hetero) is 1. The Hall–Kier alpha value is -0.590. The van der Waals surface area contributed by atoms with Crippen molar-refractivity contribution >= 4 is 5.78 Å². The number of hydrogen-bond donors (Lipinski definition) is 0. The molecule has 2 fully saturated rings. The number of ketones is 1. The first-order valence-electron chi connectivity index (χ1n) is 12.9. The molecule has 0 aromatic carbocycles. The number of rotatable bonds is 5. The van der Waals surface area contributed by atoms with Crippen molar-refractivity contribution in [3.8, 4) is 0 Å². The summed E-state index contributed by atoms with van der Waals surface area (Å²) in [5.74, 6) is 4.92. The van der Waals surface area contributed by atoms with Crippen LogP contribution in [0, 0.1) is 46.3 Å². The second-order valence-corrected chi connectivity index (χ2v) is 12.4. The van der Waals surface area contributed by atoms with Gasteiger partial charge in [0.1, 0.15) is 5.78 Å².